The summed E-state index contributed by atoms with van der Waals surface area (Å²) in [5.74, 6) is 0.593. The summed E-state index contributed by atoms with van der Waals surface area (Å²) in [7, 11) is 1.56. The van der Waals surface area contributed by atoms with Crippen LogP contribution in [-0.2, 0) is 6.42 Å². The fourth-order valence-electron chi connectivity index (χ4n) is 1.88. The lowest BCUT2D eigenvalue weighted by molar-refractivity contribution is 0.178. The highest BCUT2D eigenvalue weighted by molar-refractivity contribution is 6.32. The lowest BCUT2D eigenvalue weighted by Gasteiger charge is -2.13. The van der Waals surface area contributed by atoms with Crippen molar-refractivity contribution in [2.75, 3.05) is 7.11 Å². The lowest BCUT2D eigenvalue weighted by atomic mass is 10.0. The Labute approximate surface area is 122 Å². The van der Waals surface area contributed by atoms with E-state index in [2.05, 4.69) is 0 Å². The average molecular weight is 297 g/mol. The second kappa shape index (κ2) is 6.29. The Morgan fingerprint density at radius 2 is 1.84 bits per heavy atom. The Morgan fingerprint density at radius 1 is 1.11 bits per heavy atom. The van der Waals surface area contributed by atoms with Crippen molar-refractivity contribution in [3.8, 4) is 5.75 Å². The van der Waals surface area contributed by atoms with Gasteiger partial charge in [-0.1, -0.05) is 47.5 Å². The van der Waals surface area contributed by atoms with E-state index in [0.29, 0.717) is 22.2 Å². The average Bonchev–Trinajstić information content (AvgIpc) is 2.41. The molecule has 0 saturated heterocycles. The van der Waals surface area contributed by atoms with Gasteiger partial charge in [-0.15, -0.1) is 0 Å². The summed E-state index contributed by atoms with van der Waals surface area (Å²) in [6.45, 7) is 0. The largest absolute Gasteiger partial charge is 0.495 e. The summed E-state index contributed by atoms with van der Waals surface area (Å²) in [4.78, 5) is 0. The van der Waals surface area contributed by atoms with Crippen LogP contribution in [0.1, 0.15) is 17.2 Å². The molecule has 0 fully saturated rings. The molecule has 0 bridgehead atoms. The van der Waals surface area contributed by atoms with Gasteiger partial charge in [0.25, 0.3) is 0 Å². The number of rotatable bonds is 4. The molecule has 0 aromatic heterocycles. The molecule has 0 radical (unpaired) electrons. The molecule has 4 heteroatoms. The maximum atomic E-state index is 10.2. The maximum Gasteiger partial charge on any atom is 0.137 e. The van der Waals surface area contributed by atoms with E-state index in [1.54, 1.807) is 25.3 Å². The molecule has 0 spiro atoms. The van der Waals surface area contributed by atoms with Crippen LogP contribution in [0.4, 0.5) is 0 Å². The van der Waals surface area contributed by atoms with E-state index >= 15 is 0 Å². The van der Waals surface area contributed by atoms with E-state index in [4.69, 9.17) is 27.9 Å². The molecular formula is C15H14Cl2O2. The Balaban J connectivity index is 2.18. The molecule has 0 heterocycles. The van der Waals surface area contributed by atoms with Gasteiger partial charge in [-0.3, -0.25) is 0 Å². The first-order valence-corrected chi connectivity index (χ1v) is 6.62. The molecule has 0 amide bonds. The zero-order valence-electron chi connectivity index (χ0n) is 10.4. The van der Waals surface area contributed by atoms with Gasteiger partial charge < -0.3 is 9.84 Å². The highest BCUT2D eigenvalue weighted by Crippen LogP contribution is 2.29. The van der Waals surface area contributed by atoms with Crippen molar-refractivity contribution < 1.29 is 9.84 Å². The summed E-state index contributed by atoms with van der Waals surface area (Å²) in [5.41, 5.74) is 1.65. The molecule has 2 aromatic rings. The van der Waals surface area contributed by atoms with Crippen LogP contribution in [0, 0.1) is 0 Å². The van der Waals surface area contributed by atoms with E-state index < -0.39 is 6.10 Å². The van der Waals surface area contributed by atoms with Crippen LogP contribution in [0.2, 0.25) is 10.0 Å². The highest BCUT2D eigenvalue weighted by Gasteiger charge is 2.12. The molecule has 100 valence electrons. The van der Waals surface area contributed by atoms with Crippen LogP contribution in [0.3, 0.4) is 0 Å². The van der Waals surface area contributed by atoms with E-state index in [0.717, 1.165) is 11.1 Å². The van der Waals surface area contributed by atoms with Crippen LogP contribution < -0.4 is 4.74 Å². The second-order valence-corrected chi connectivity index (χ2v) is 5.02. The van der Waals surface area contributed by atoms with Crippen molar-refractivity contribution >= 4 is 23.2 Å². The van der Waals surface area contributed by atoms with Gasteiger partial charge >= 0.3 is 0 Å². The molecule has 19 heavy (non-hydrogen) atoms. The lowest BCUT2D eigenvalue weighted by Crippen LogP contribution is -2.02. The first kappa shape index (κ1) is 14.2. The molecular weight excluding hydrogens is 283 g/mol. The molecule has 1 unspecified atom stereocenters. The topological polar surface area (TPSA) is 29.5 Å². The summed E-state index contributed by atoms with van der Waals surface area (Å²) in [6.07, 6.45) is -0.203. The van der Waals surface area contributed by atoms with Gasteiger partial charge in [0.2, 0.25) is 0 Å². The summed E-state index contributed by atoms with van der Waals surface area (Å²) >= 11 is 12.1. The number of aliphatic hydroxyl groups excluding tert-OH is 1. The Kier molecular flexibility index (Phi) is 4.70. The van der Waals surface area contributed by atoms with Gasteiger partial charge in [-0.25, -0.2) is 0 Å². The maximum absolute atomic E-state index is 10.2. The van der Waals surface area contributed by atoms with Crippen molar-refractivity contribution in [1.29, 1.82) is 0 Å². The van der Waals surface area contributed by atoms with E-state index in [1.807, 2.05) is 24.3 Å². The summed E-state index contributed by atoms with van der Waals surface area (Å²) < 4.78 is 5.08. The molecule has 1 atom stereocenters. The fourth-order valence-corrected chi connectivity index (χ4v) is 2.36. The molecule has 0 aliphatic carbocycles. The van der Waals surface area contributed by atoms with Crippen LogP contribution in [0.15, 0.2) is 42.5 Å². The quantitative estimate of drug-likeness (QED) is 0.912. The minimum atomic E-state index is -0.650. The number of methoxy groups -OCH3 is 1. The molecule has 1 N–H and O–H groups in total. The zero-order valence-corrected chi connectivity index (χ0v) is 11.9. The van der Waals surface area contributed by atoms with Gasteiger partial charge in [0.05, 0.1) is 18.2 Å². The number of aliphatic hydroxyl groups is 1. The van der Waals surface area contributed by atoms with Crippen molar-refractivity contribution in [2.45, 2.75) is 12.5 Å². The van der Waals surface area contributed by atoms with E-state index in [-0.39, 0.29) is 0 Å². The van der Waals surface area contributed by atoms with Crippen LogP contribution in [0.25, 0.3) is 0 Å². The smallest absolute Gasteiger partial charge is 0.137 e. The first-order valence-electron chi connectivity index (χ1n) is 5.86. The molecule has 0 aliphatic rings. The van der Waals surface area contributed by atoms with Crippen molar-refractivity contribution in [3.05, 3.63) is 63.6 Å². The van der Waals surface area contributed by atoms with E-state index in [1.165, 1.54) is 0 Å². The van der Waals surface area contributed by atoms with Crippen LogP contribution in [-0.4, -0.2) is 12.2 Å². The van der Waals surface area contributed by atoms with Gasteiger partial charge in [0, 0.05) is 11.4 Å². The number of hydrogen-bond acceptors (Lipinski definition) is 2. The predicted octanol–water partition coefficient (Wildman–Crippen LogP) is 4.28. The van der Waals surface area contributed by atoms with Crippen molar-refractivity contribution in [1.82, 2.24) is 0 Å². The minimum absolute atomic E-state index is 0.447. The third kappa shape index (κ3) is 3.41. The monoisotopic (exact) mass is 296 g/mol. The van der Waals surface area contributed by atoms with Crippen molar-refractivity contribution in [2.24, 2.45) is 0 Å². The Hall–Kier alpha value is -1.22. The van der Waals surface area contributed by atoms with Gasteiger partial charge in [-0.05, 0) is 29.3 Å². The molecule has 0 aliphatic heterocycles. The molecule has 2 rings (SSSR count). The third-order valence-corrected chi connectivity index (χ3v) is 3.60. The Bertz CT molecular complexity index is 570. The standard InChI is InChI=1S/C15H14Cl2O2/c1-19-15-7-6-11(8-13(15)17)14(18)9-10-4-2-3-5-12(10)16/h2-8,14,18H,9H2,1H3. The SMILES string of the molecule is COc1ccc(C(O)Cc2ccccc2Cl)cc1Cl. The number of halogens is 2. The highest BCUT2D eigenvalue weighted by atomic mass is 35.5. The number of ether oxygens (including phenoxy) is 1. The predicted molar refractivity (Wildman–Crippen MR) is 78.1 cm³/mol. The van der Waals surface area contributed by atoms with E-state index in [9.17, 15) is 5.11 Å². The third-order valence-electron chi connectivity index (χ3n) is 2.93. The normalized spacial score (nSPS) is 12.2. The molecule has 0 saturated carbocycles. The summed E-state index contributed by atoms with van der Waals surface area (Å²) in [5, 5.41) is 11.4. The number of hydrogen-bond donors (Lipinski definition) is 1. The fraction of sp³-hybridized carbons (Fsp3) is 0.200. The zero-order chi connectivity index (χ0) is 13.8. The van der Waals surface area contributed by atoms with Gasteiger partial charge in [0.15, 0.2) is 0 Å². The minimum Gasteiger partial charge on any atom is -0.495 e. The summed E-state index contributed by atoms with van der Waals surface area (Å²) in [6, 6.07) is 12.7. The first-order chi connectivity index (χ1) is 9.11. The van der Waals surface area contributed by atoms with Gasteiger partial charge in [-0.2, -0.15) is 0 Å². The van der Waals surface area contributed by atoms with Crippen molar-refractivity contribution in [3.63, 3.8) is 0 Å². The van der Waals surface area contributed by atoms with Gasteiger partial charge in [0.1, 0.15) is 5.75 Å². The second-order valence-electron chi connectivity index (χ2n) is 4.21. The Morgan fingerprint density at radius 3 is 2.47 bits per heavy atom. The molecule has 2 aromatic carbocycles. The number of benzene rings is 2. The molecule has 2 nitrogen and oxygen atoms in total. The van der Waals surface area contributed by atoms with Crippen LogP contribution in [0.5, 0.6) is 5.75 Å². The van der Waals surface area contributed by atoms with Crippen LogP contribution >= 0.6 is 23.2 Å².